The number of nitrogens with zero attached hydrogens (tertiary/aromatic N) is 1. The van der Waals surface area contributed by atoms with E-state index in [1.165, 1.54) is 5.57 Å². The maximum Gasteiger partial charge on any atom is 0.205 e. The van der Waals surface area contributed by atoms with Gasteiger partial charge in [-0.3, -0.25) is 0 Å². The fraction of sp³-hybridized carbons (Fsp3) is 0.267. The van der Waals surface area contributed by atoms with E-state index < -0.39 is 0 Å². The molecule has 0 unspecified atom stereocenters. The summed E-state index contributed by atoms with van der Waals surface area (Å²) >= 11 is 0. The molecule has 86 valence electrons. The Morgan fingerprint density at radius 3 is 2.88 bits per heavy atom. The normalized spacial score (nSPS) is 18.9. The summed E-state index contributed by atoms with van der Waals surface area (Å²) in [6.07, 6.45) is 19.9. The van der Waals surface area contributed by atoms with Gasteiger partial charge in [0.1, 0.15) is 6.26 Å². The van der Waals surface area contributed by atoms with Crippen molar-refractivity contribution < 1.29 is 4.42 Å². The van der Waals surface area contributed by atoms with Crippen molar-refractivity contribution >= 4 is 0 Å². The number of aromatic nitrogens is 1. The van der Waals surface area contributed by atoms with Gasteiger partial charge in [-0.05, 0) is 18.4 Å². The van der Waals surface area contributed by atoms with Crippen molar-refractivity contribution in [2.24, 2.45) is 0 Å². The Hall–Kier alpha value is -1.83. The third-order valence-corrected chi connectivity index (χ3v) is 3.06. The molecule has 0 radical (unpaired) electrons. The molecule has 2 heteroatoms. The zero-order valence-electron chi connectivity index (χ0n) is 9.67. The first-order valence-electron chi connectivity index (χ1n) is 6.07. The first-order chi connectivity index (χ1) is 8.42. The van der Waals surface area contributed by atoms with E-state index in [1.807, 2.05) is 12.2 Å². The van der Waals surface area contributed by atoms with E-state index in [4.69, 9.17) is 4.42 Å². The van der Waals surface area contributed by atoms with E-state index in [9.17, 15) is 0 Å². The van der Waals surface area contributed by atoms with Gasteiger partial charge < -0.3 is 4.42 Å². The summed E-state index contributed by atoms with van der Waals surface area (Å²) in [5, 5.41) is 0. The maximum absolute atomic E-state index is 5.53. The lowest BCUT2D eigenvalue weighted by molar-refractivity contribution is 0.495. The minimum Gasteiger partial charge on any atom is -0.448 e. The van der Waals surface area contributed by atoms with Gasteiger partial charge in [-0.25, -0.2) is 4.98 Å². The van der Waals surface area contributed by atoms with Crippen LogP contribution in [0.2, 0.25) is 0 Å². The van der Waals surface area contributed by atoms with Crippen LogP contribution in [0.1, 0.15) is 30.3 Å². The molecule has 17 heavy (non-hydrogen) atoms. The van der Waals surface area contributed by atoms with E-state index in [-0.39, 0.29) is 5.92 Å². The average Bonchev–Trinajstić information content (AvgIpc) is 3.00. The van der Waals surface area contributed by atoms with Crippen molar-refractivity contribution in [1.29, 1.82) is 0 Å². The van der Waals surface area contributed by atoms with Gasteiger partial charge in [-0.15, -0.1) is 0 Å². The Kier molecular flexibility index (Phi) is 2.78. The van der Waals surface area contributed by atoms with Crippen LogP contribution in [0.4, 0.5) is 0 Å². The number of allylic oxidation sites excluding steroid dienone is 8. The van der Waals surface area contributed by atoms with Gasteiger partial charge >= 0.3 is 0 Å². The molecule has 2 aliphatic rings. The summed E-state index contributed by atoms with van der Waals surface area (Å²) in [7, 11) is 0. The summed E-state index contributed by atoms with van der Waals surface area (Å²) in [5.41, 5.74) is 2.36. The molecule has 0 aliphatic heterocycles. The first kappa shape index (κ1) is 10.3. The van der Waals surface area contributed by atoms with E-state index in [2.05, 4.69) is 35.4 Å². The molecule has 0 spiro atoms. The predicted octanol–water partition coefficient (Wildman–Crippen LogP) is 3.70. The molecule has 0 atom stereocenters. The number of oxazole rings is 1. The van der Waals surface area contributed by atoms with Gasteiger partial charge in [0.05, 0.1) is 11.6 Å². The highest BCUT2D eigenvalue weighted by molar-refractivity contribution is 5.29. The summed E-state index contributed by atoms with van der Waals surface area (Å²) in [6, 6.07) is 0. The summed E-state index contributed by atoms with van der Waals surface area (Å²) in [5.74, 6) is 1.02. The van der Waals surface area contributed by atoms with E-state index >= 15 is 0 Å². The molecule has 1 aromatic heterocycles. The fourth-order valence-corrected chi connectivity index (χ4v) is 2.16. The third kappa shape index (κ3) is 2.31. The van der Waals surface area contributed by atoms with Crippen molar-refractivity contribution in [3.05, 3.63) is 66.0 Å². The van der Waals surface area contributed by atoms with Gasteiger partial charge in [0.25, 0.3) is 0 Å². The number of hydrogen-bond acceptors (Lipinski definition) is 2. The molecule has 0 bridgehead atoms. The Balaban J connectivity index is 1.72. The largest absolute Gasteiger partial charge is 0.448 e. The minimum atomic E-state index is 0.222. The molecule has 3 rings (SSSR count). The van der Waals surface area contributed by atoms with Gasteiger partial charge in [-0.2, -0.15) is 0 Å². The van der Waals surface area contributed by atoms with Crippen molar-refractivity contribution in [2.75, 3.05) is 0 Å². The van der Waals surface area contributed by atoms with Gasteiger partial charge in [0, 0.05) is 6.42 Å². The van der Waals surface area contributed by atoms with Crippen LogP contribution in [0, 0.1) is 0 Å². The highest BCUT2D eigenvalue weighted by Crippen LogP contribution is 2.23. The van der Waals surface area contributed by atoms with E-state index in [1.54, 1.807) is 6.26 Å². The van der Waals surface area contributed by atoms with Crippen LogP contribution in [0.3, 0.4) is 0 Å². The highest BCUT2D eigenvalue weighted by atomic mass is 16.3. The molecule has 0 saturated heterocycles. The Bertz CT molecular complexity index is 505. The molecule has 0 amide bonds. The zero-order valence-corrected chi connectivity index (χ0v) is 9.67. The second-order valence-electron chi connectivity index (χ2n) is 4.41. The van der Waals surface area contributed by atoms with Gasteiger partial charge in [0.2, 0.25) is 5.89 Å². The smallest absolute Gasteiger partial charge is 0.205 e. The average molecular weight is 225 g/mol. The molecular formula is C15H15NO. The standard InChI is InChI=1S/C15H15NO/c1-2-6-12(7-3-1)10-14-11-17-15(16-14)13-8-4-5-9-13/h2,4-9,11,13H,1,3,10H2. The topological polar surface area (TPSA) is 26.0 Å². The SMILES string of the molecule is C1=CC(c2nc(CC3=CCCC=C3)co2)C=C1. The quantitative estimate of drug-likeness (QED) is 0.783. The molecule has 2 nitrogen and oxygen atoms in total. The lowest BCUT2D eigenvalue weighted by Gasteiger charge is -2.03. The second kappa shape index (κ2) is 4.58. The first-order valence-corrected chi connectivity index (χ1v) is 6.07. The molecule has 0 N–H and O–H groups in total. The molecule has 1 aromatic rings. The summed E-state index contributed by atoms with van der Waals surface area (Å²) in [6.45, 7) is 0. The van der Waals surface area contributed by atoms with Gasteiger partial charge in [0.15, 0.2) is 0 Å². The molecule has 0 fully saturated rings. The van der Waals surface area contributed by atoms with Crippen molar-refractivity contribution in [3.63, 3.8) is 0 Å². The van der Waals surface area contributed by atoms with Crippen LogP contribution in [0.5, 0.6) is 0 Å². The Morgan fingerprint density at radius 2 is 2.12 bits per heavy atom. The monoisotopic (exact) mass is 225 g/mol. The molecule has 0 saturated carbocycles. The fourth-order valence-electron chi connectivity index (χ4n) is 2.16. The Labute approximate surface area is 101 Å². The van der Waals surface area contributed by atoms with Crippen LogP contribution in [-0.4, -0.2) is 4.98 Å². The zero-order chi connectivity index (χ0) is 11.5. The summed E-state index contributed by atoms with van der Waals surface area (Å²) in [4.78, 5) is 4.54. The van der Waals surface area contributed by atoms with Crippen LogP contribution in [-0.2, 0) is 6.42 Å². The number of rotatable bonds is 3. The molecule has 0 aromatic carbocycles. The highest BCUT2D eigenvalue weighted by Gasteiger charge is 2.14. The third-order valence-electron chi connectivity index (χ3n) is 3.06. The van der Waals surface area contributed by atoms with E-state index in [0.717, 1.165) is 30.8 Å². The van der Waals surface area contributed by atoms with Crippen molar-refractivity contribution in [3.8, 4) is 0 Å². The molecular weight excluding hydrogens is 210 g/mol. The van der Waals surface area contributed by atoms with Crippen LogP contribution < -0.4 is 0 Å². The van der Waals surface area contributed by atoms with Gasteiger partial charge in [-0.1, -0.05) is 42.5 Å². The number of hydrogen-bond donors (Lipinski definition) is 0. The predicted molar refractivity (Wildman–Crippen MR) is 67.7 cm³/mol. The Morgan fingerprint density at radius 1 is 1.24 bits per heavy atom. The maximum atomic E-state index is 5.53. The second-order valence-corrected chi connectivity index (χ2v) is 4.41. The van der Waals surface area contributed by atoms with E-state index in [0.29, 0.717) is 0 Å². The molecule has 2 aliphatic carbocycles. The lowest BCUT2D eigenvalue weighted by atomic mass is 10.0. The van der Waals surface area contributed by atoms with Crippen LogP contribution >= 0.6 is 0 Å². The van der Waals surface area contributed by atoms with Crippen molar-refractivity contribution in [1.82, 2.24) is 4.98 Å². The minimum absolute atomic E-state index is 0.222. The van der Waals surface area contributed by atoms with Crippen LogP contribution in [0.15, 0.2) is 58.8 Å². The summed E-state index contributed by atoms with van der Waals surface area (Å²) < 4.78 is 5.53. The van der Waals surface area contributed by atoms with Crippen molar-refractivity contribution in [2.45, 2.75) is 25.2 Å². The van der Waals surface area contributed by atoms with Crippen LogP contribution in [0.25, 0.3) is 0 Å². The molecule has 1 heterocycles. The lowest BCUT2D eigenvalue weighted by Crippen LogP contribution is -1.94.